The fraction of sp³-hybridized carbons (Fsp3) is 0.120. The number of benzene rings is 3. The quantitative estimate of drug-likeness (QED) is 0.392. The summed E-state index contributed by atoms with van der Waals surface area (Å²) in [5, 5.41) is 0.579. The first-order chi connectivity index (χ1) is 14.8. The Labute approximate surface area is 182 Å². The van der Waals surface area contributed by atoms with E-state index >= 15 is 0 Å². The van der Waals surface area contributed by atoms with Crippen LogP contribution in [0.2, 0.25) is 5.02 Å². The molecule has 1 aliphatic heterocycles. The lowest BCUT2D eigenvalue weighted by molar-refractivity contribution is 0.0971. The van der Waals surface area contributed by atoms with Crippen LogP contribution in [-0.2, 0) is 0 Å². The summed E-state index contributed by atoms with van der Waals surface area (Å²) >= 11 is 6.23. The Bertz CT molecular complexity index is 1440. The van der Waals surface area contributed by atoms with Gasteiger partial charge in [-0.2, -0.15) is 0 Å². The Hall–Kier alpha value is -3.44. The van der Waals surface area contributed by atoms with Crippen LogP contribution in [0.1, 0.15) is 38.9 Å². The van der Waals surface area contributed by atoms with E-state index in [0.717, 1.165) is 17.2 Å². The molecule has 6 heteroatoms. The van der Waals surface area contributed by atoms with Crippen molar-refractivity contribution in [1.82, 2.24) is 0 Å². The molecular weight excluding hydrogens is 417 g/mol. The van der Waals surface area contributed by atoms with Crippen LogP contribution >= 0.6 is 11.6 Å². The van der Waals surface area contributed by atoms with Crippen LogP contribution < -0.4 is 10.3 Å². The lowest BCUT2D eigenvalue weighted by Crippen LogP contribution is -2.29. The second-order valence-corrected chi connectivity index (χ2v) is 8.15. The van der Waals surface area contributed by atoms with E-state index in [4.69, 9.17) is 16.0 Å². The summed E-state index contributed by atoms with van der Waals surface area (Å²) in [6.07, 6.45) is 0. The van der Waals surface area contributed by atoms with Crippen LogP contribution in [0.3, 0.4) is 0 Å². The summed E-state index contributed by atoms with van der Waals surface area (Å²) in [6, 6.07) is 15.7. The first-order valence-electron chi connectivity index (χ1n) is 9.77. The van der Waals surface area contributed by atoms with Gasteiger partial charge in [0, 0.05) is 10.7 Å². The molecule has 0 spiro atoms. The normalized spacial score (nSPS) is 15.5. The molecule has 31 heavy (non-hydrogen) atoms. The number of aryl methyl sites for hydroxylation is 2. The summed E-state index contributed by atoms with van der Waals surface area (Å²) in [5.41, 5.74) is 3.33. The van der Waals surface area contributed by atoms with Gasteiger partial charge in [0.25, 0.3) is 5.91 Å². The van der Waals surface area contributed by atoms with E-state index < -0.39 is 23.2 Å². The Morgan fingerprint density at radius 3 is 2.52 bits per heavy atom. The van der Waals surface area contributed by atoms with Crippen LogP contribution in [0.25, 0.3) is 11.0 Å². The number of halogens is 2. The smallest absolute Gasteiger partial charge is 0.295 e. The largest absolute Gasteiger partial charge is 0.450 e. The maximum Gasteiger partial charge on any atom is 0.295 e. The van der Waals surface area contributed by atoms with Crippen molar-refractivity contribution in [3.05, 3.63) is 110 Å². The molecule has 5 rings (SSSR count). The number of anilines is 1. The maximum absolute atomic E-state index is 13.9. The minimum atomic E-state index is -0.743. The highest BCUT2D eigenvalue weighted by Gasteiger charge is 2.43. The molecule has 1 aromatic heterocycles. The predicted molar refractivity (Wildman–Crippen MR) is 118 cm³/mol. The van der Waals surface area contributed by atoms with Crippen LogP contribution in [-0.4, -0.2) is 5.91 Å². The van der Waals surface area contributed by atoms with E-state index in [-0.39, 0.29) is 22.3 Å². The monoisotopic (exact) mass is 433 g/mol. The van der Waals surface area contributed by atoms with Crippen LogP contribution in [0.4, 0.5) is 10.1 Å². The predicted octanol–water partition coefficient (Wildman–Crippen LogP) is 5.95. The zero-order valence-corrected chi connectivity index (χ0v) is 17.5. The van der Waals surface area contributed by atoms with Gasteiger partial charge in [-0.3, -0.25) is 14.5 Å². The van der Waals surface area contributed by atoms with Crippen molar-refractivity contribution in [2.45, 2.75) is 19.9 Å². The van der Waals surface area contributed by atoms with Gasteiger partial charge in [0.15, 0.2) is 5.43 Å². The standard InChI is InChI=1S/C25H17ClFNO3/c1-13-6-8-18(10-14(13)2)28-22(15-4-3-5-16(26)11-15)21-23(29)19-12-17(27)7-9-20(19)31-24(21)25(28)30/h3-12,22H,1-2H3. The number of hydrogen-bond donors (Lipinski definition) is 0. The fourth-order valence-corrected chi connectivity index (χ4v) is 4.28. The highest BCUT2D eigenvalue weighted by atomic mass is 35.5. The van der Waals surface area contributed by atoms with Crippen molar-refractivity contribution in [2.24, 2.45) is 0 Å². The highest BCUT2D eigenvalue weighted by Crippen LogP contribution is 2.42. The fourth-order valence-electron chi connectivity index (χ4n) is 4.08. The summed E-state index contributed by atoms with van der Waals surface area (Å²) in [6.45, 7) is 3.95. The van der Waals surface area contributed by atoms with E-state index in [1.165, 1.54) is 12.1 Å². The molecule has 154 valence electrons. The summed E-state index contributed by atoms with van der Waals surface area (Å²) in [5.74, 6) is -1.01. The van der Waals surface area contributed by atoms with Crippen molar-refractivity contribution in [1.29, 1.82) is 0 Å². The number of hydrogen-bond acceptors (Lipinski definition) is 3. The molecule has 3 aromatic carbocycles. The summed E-state index contributed by atoms with van der Waals surface area (Å²) in [4.78, 5) is 28.5. The Kier molecular flexibility index (Phi) is 4.45. The van der Waals surface area contributed by atoms with E-state index in [2.05, 4.69) is 0 Å². The van der Waals surface area contributed by atoms with Gasteiger partial charge in [-0.05, 0) is 73.0 Å². The van der Waals surface area contributed by atoms with Crippen molar-refractivity contribution in [2.75, 3.05) is 4.90 Å². The maximum atomic E-state index is 13.9. The van der Waals surface area contributed by atoms with Crippen molar-refractivity contribution >= 4 is 34.2 Å². The first-order valence-corrected chi connectivity index (χ1v) is 10.2. The minimum Gasteiger partial charge on any atom is -0.450 e. The van der Waals surface area contributed by atoms with E-state index in [9.17, 15) is 14.0 Å². The lowest BCUT2D eigenvalue weighted by atomic mass is 9.98. The van der Waals surface area contributed by atoms with E-state index in [1.807, 2.05) is 38.1 Å². The number of amides is 1. The molecule has 2 heterocycles. The second kappa shape index (κ2) is 7.06. The van der Waals surface area contributed by atoms with Crippen LogP contribution in [0, 0.1) is 19.7 Å². The molecule has 1 atom stereocenters. The van der Waals surface area contributed by atoms with Crippen LogP contribution in [0.15, 0.2) is 69.9 Å². The number of carbonyl (C=O) groups excluding carboxylic acids is 1. The summed E-state index contributed by atoms with van der Waals surface area (Å²) in [7, 11) is 0. The third kappa shape index (κ3) is 3.04. The van der Waals surface area contributed by atoms with Gasteiger partial charge in [-0.15, -0.1) is 0 Å². The number of carbonyl (C=O) groups is 1. The average Bonchev–Trinajstić information content (AvgIpc) is 3.03. The molecule has 4 nitrogen and oxygen atoms in total. The van der Waals surface area contributed by atoms with Gasteiger partial charge in [-0.1, -0.05) is 29.8 Å². The van der Waals surface area contributed by atoms with Gasteiger partial charge in [-0.25, -0.2) is 4.39 Å². The number of nitrogens with zero attached hydrogens (tertiary/aromatic N) is 1. The second-order valence-electron chi connectivity index (χ2n) is 7.72. The van der Waals surface area contributed by atoms with Crippen LogP contribution in [0.5, 0.6) is 0 Å². The van der Waals surface area contributed by atoms with E-state index in [0.29, 0.717) is 16.3 Å². The third-order valence-corrected chi connectivity index (χ3v) is 6.00. The molecule has 0 aliphatic carbocycles. The van der Waals surface area contributed by atoms with Gasteiger partial charge in [0.2, 0.25) is 5.76 Å². The lowest BCUT2D eigenvalue weighted by Gasteiger charge is -2.26. The molecular formula is C25H17ClFNO3. The molecule has 0 saturated carbocycles. The van der Waals surface area contributed by atoms with Gasteiger partial charge in [0.05, 0.1) is 17.0 Å². The topological polar surface area (TPSA) is 50.5 Å². The van der Waals surface area contributed by atoms with Gasteiger partial charge < -0.3 is 4.42 Å². The SMILES string of the molecule is Cc1ccc(N2C(=O)c3oc4ccc(F)cc4c(=O)c3C2c2cccc(Cl)c2)cc1C. The van der Waals surface area contributed by atoms with E-state index in [1.54, 1.807) is 23.1 Å². The van der Waals surface area contributed by atoms with Crippen molar-refractivity contribution in [3.8, 4) is 0 Å². The zero-order chi connectivity index (χ0) is 21.9. The van der Waals surface area contributed by atoms with Crippen molar-refractivity contribution < 1.29 is 13.6 Å². The molecule has 0 radical (unpaired) electrons. The summed E-state index contributed by atoms with van der Waals surface area (Å²) < 4.78 is 19.7. The first kappa shape index (κ1) is 19.5. The van der Waals surface area contributed by atoms with Gasteiger partial charge in [0.1, 0.15) is 11.4 Å². The molecule has 0 bridgehead atoms. The third-order valence-electron chi connectivity index (χ3n) is 5.77. The highest BCUT2D eigenvalue weighted by molar-refractivity contribution is 6.30. The van der Waals surface area contributed by atoms with Crippen molar-refractivity contribution in [3.63, 3.8) is 0 Å². The Morgan fingerprint density at radius 2 is 1.77 bits per heavy atom. The number of fused-ring (bicyclic) bond motifs is 2. The molecule has 0 N–H and O–H groups in total. The van der Waals surface area contributed by atoms with Gasteiger partial charge >= 0.3 is 0 Å². The Balaban J connectivity index is 1.83. The molecule has 0 saturated heterocycles. The molecule has 1 aliphatic rings. The molecule has 1 unspecified atom stereocenters. The minimum absolute atomic E-state index is 0.0349. The molecule has 0 fully saturated rings. The average molecular weight is 434 g/mol. The molecule has 4 aromatic rings. The zero-order valence-electron chi connectivity index (χ0n) is 16.8. The molecule has 1 amide bonds. The Morgan fingerprint density at radius 1 is 0.968 bits per heavy atom. The number of rotatable bonds is 2.